The molecule has 0 saturated heterocycles. The van der Waals surface area contributed by atoms with Crippen LogP contribution in [0.3, 0.4) is 0 Å². The van der Waals surface area contributed by atoms with Gasteiger partial charge >= 0.3 is 0 Å². The molecule has 0 unspecified atom stereocenters. The zero-order chi connectivity index (χ0) is 19.4. The largest absolute Gasteiger partial charge is 0.376 e. The summed E-state index contributed by atoms with van der Waals surface area (Å²) in [4.78, 5) is 25.9. The van der Waals surface area contributed by atoms with Crippen molar-refractivity contribution in [1.82, 2.24) is 10.1 Å². The summed E-state index contributed by atoms with van der Waals surface area (Å²) >= 11 is 0. The minimum atomic E-state index is -0.475. The van der Waals surface area contributed by atoms with Gasteiger partial charge in [0.15, 0.2) is 0 Å². The molecule has 0 spiro atoms. The fourth-order valence-corrected chi connectivity index (χ4v) is 2.47. The van der Waals surface area contributed by atoms with E-state index in [1.807, 2.05) is 25.1 Å². The molecule has 0 atom stereocenters. The number of non-ortho nitro benzene ring substituents is 1. The van der Waals surface area contributed by atoms with Gasteiger partial charge in [-0.05, 0) is 24.6 Å². The summed E-state index contributed by atoms with van der Waals surface area (Å²) in [6.07, 6.45) is 0. The summed E-state index contributed by atoms with van der Waals surface area (Å²) < 4.78 is 5.21. The molecule has 2 aromatic carbocycles. The summed E-state index contributed by atoms with van der Waals surface area (Å²) in [7, 11) is 0. The molecule has 1 amide bonds. The van der Waals surface area contributed by atoms with E-state index >= 15 is 0 Å². The molecule has 1 heterocycles. The van der Waals surface area contributed by atoms with Crippen LogP contribution in [0, 0.1) is 17.0 Å². The van der Waals surface area contributed by atoms with Crippen LogP contribution in [-0.4, -0.2) is 21.0 Å². The van der Waals surface area contributed by atoms with Crippen molar-refractivity contribution >= 4 is 23.0 Å². The monoisotopic (exact) mass is 367 g/mol. The highest BCUT2D eigenvalue weighted by Gasteiger charge is 2.13. The Kier molecular flexibility index (Phi) is 5.11. The number of amides is 1. The van der Waals surface area contributed by atoms with Crippen molar-refractivity contribution in [3.8, 4) is 11.4 Å². The summed E-state index contributed by atoms with van der Waals surface area (Å²) in [5, 5.41) is 20.7. The predicted octanol–water partition coefficient (Wildman–Crippen LogP) is 3.52. The van der Waals surface area contributed by atoms with Crippen LogP contribution in [0.2, 0.25) is 0 Å². The molecule has 9 nitrogen and oxygen atoms in total. The maximum atomic E-state index is 11.2. The molecular weight excluding hydrogens is 350 g/mol. The summed E-state index contributed by atoms with van der Waals surface area (Å²) in [5.74, 6) is 0.461. The van der Waals surface area contributed by atoms with Crippen LogP contribution < -0.4 is 10.6 Å². The number of rotatable bonds is 6. The van der Waals surface area contributed by atoms with Gasteiger partial charge in [-0.1, -0.05) is 23.4 Å². The lowest BCUT2D eigenvalue weighted by atomic mass is 10.1. The van der Waals surface area contributed by atoms with Gasteiger partial charge in [-0.3, -0.25) is 14.9 Å². The minimum absolute atomic E-state index is 0.0395. The Morgan fingerprint density at radius 1 is 1.26 bits per heavy atom. The highest BCUT2D eigenvalue weighted by Crippen LogP contribution is 2.23. The quantitative estimate of drug-likeness (QED) is 0.504. The van der Waals surface area contributed by atoms with Crippen molar-refractivity contribution in [2.45, 2.75) is 20.4 Å². The number of nitro benzene ring substituents is 1. The second-order valence-corrected chi connectivity index (χ2v) is 5.88. The smallest absolute Gasteiger partial charge is 0.270 e. The zero-order valence-electron chi connectivity index (χ0n) is 14.7. The molecule has 0 fully saturated rings. The minimum Gasteiger partial charge on any atom is -0.376 e. The van der Waals surface area contributed by atoms with Gasteiger partial charge in [0.25, 0.3) is 5.69 Å². The van der Waals surface area contributed by atoms with Crippen molar-refractivity contribution in [2.24, 2.45) is 0 Å². The van der Waals surface area contributed by atoms with Crippen molar-refractivity contribution in [3.05, 3.63) is 64.0 Å². The molecular formula is C18H17N5O4. The Bertz CT molecular complexity index is 999. The van der Waals surface area contributed by atoms with Gasteiger partial charge in [-0.2, -0.15) is 4.98 Å². The first kappa shape index (κ1) is 18.1. The molecule has 138 valence electrons. The van der Waals surface area contributed by atoms with Gasteiger partial charge in [0.05, 0.1) is 11.5 Å². The number of nitrogens with zero attached hydrogens (tertiary/aromatic N) is 3. The van der Waals surface area contributed by atoms with Crippen LogP contribution in [0.5, 0.6) is 0 Å². The number of aryl methyl sites for hydroxylation is 1. The molecule has 2 N–H and O–H groups in total. The maximum absolute atomic E-state index is 11.2. The number of aromatic nitrogens is 2. The van der Waals surface area contributed by atoms with Crippen molar-refractivity contribution in [2.75, 3.05) is 10.6 Å². The van der Waals surface area contributed by atoms with E-state index in [2.05, 4.69) is 20.8 Å². The summed E-state index contributed by atoms with van der Waals surface area (Å²) in [6.45, 7) is 3.65. The molecule has 27 heavy (non-hydrogen) atoms. The Labute approximate surface area is 154 Å². The van der Waals surface area contributed by atoms with Crippen molar-refractivity contribution in [3.63, 3.8) is 0 Å². The number of nitrogens with one attached hydrogen (secondary N) is 2. The van der Waals surface area contributed by atoms with E-state index in [9.17, 15) is 14.9 Å². The Balaban J connectivity index is 1.72. The highest BCUT2D eigenvalue weighted by atomic mass is 16.6. The molecule has 0 bridgehead atoms. The maximum Gasteiger partial charge on any atom is 0.270 e. The Morgan fingerprint density at radius 2 is 2.07 bits per heavy atom. The lowest BCUT2D eigenvalue weighted by Crippen LogP contribution is -2.07. The van der Waals surface area contributed by atoms with E-state index in [4.69, 9.17) is 4.52 Å². The Hall–Kier alpha value is -3.75. The topological polar surface area (TPSA) is 123 Å². The van der Waals surface area contributed by atoms with Crippen LogP contribution in [0.1, 0.15) is 18.4 Å². The van der Waals surface area contributed by atoms with E-state index in [1.165, 1.54) is 19.1 Å². The van der Waals surface area contributed by atoms with Gasteiger partial charge in [0.1, 0.15) is 0 Å². The predicted molar refractivity (Wildman–Crippen MR) is 99.2 cm³/mol. The lowest BCUT2D eigenvalue weighted by molar-refractivity contribution is -0.384. The molecule has 0 aliphatic carbocycles. The number of carbonyl (C=O) groups excluding carboxylic acids is 1. The summed E-state index contributed by atoms with van der Waals surface area (Å²) in [5.41, 5.74) is 2.95. The third kappa shape index (κ3) is 4.46. The van der Waals surface area contributed by atoms with E-state index in [1.54, 1.807) is 12.1 Å². The third-order valence-corrected chi connectivity index (χ3v) is 3.77. The van der Waals surface area contributed by atoms with Crippen molar-refractivity contribution < 1.29 is 14.2 Å². The van der Waals surface area contributed by atoms with E-state index in [-0.39, 0.29) is 24.0 Å². The van der Waals surface area contributed by atoms with E-state index in [0.717, 1.165) is 11.3 Å². The zero-order valence-corrected chi connectivity index (χ0v) is 14.7. The van der Waals surface area contributed by atoms with Gasteiger partial charge in [0.2, 0.25) is 17.6 Å². The van der Waals surface area contributed by atoms with Crippen LogP contribution >= 0.6 is 0 Å². The SMILES string of the molecule is CC(=O)Nc1ccc(C)c(NCc2nc(-c3cccc([N+](=O)[O-])c3)no2)c1. The third-order valence-electron chi connectivity index (χ3n) is 3.77. The second-order valence-electron chi connectivity index (χ2n) is 5.88. The Morgan fingerprint density at radius 3 is 2.81 bits per heavy atom. The highest BCUT2D eigenvalue weighted by molar-refractivity contribution is 5.89. The number of hydrogen-bond donors (Lipinski definition) is 2. The van der Waals surface area contributed by atoms with Crippen LogP contribution in [0.4, 0.5) is 17.1 Å². The molecule has 0 radical (unpaired) electrons. The summed E-state index contributed by atoms with van der Waals surface area (Å²) in [6, 6.07) is 11.5. The van der Waals surface area contributed by atoms with Gasteiger partial charge in [0, 0.05) is 36.0 Å². The average molecular weight is 367 g/mol. The van der Waals surface area contributed by atoms with Crippen molar-refractivity contribution in [1.29, 1.82) is 0 Å². The van der Waals surface area contributed by atoms with Gasteiger partial charge in [-0.15, -0.1) is 0 Å². The lowest BCUT2D eigenvalue weighted by Gasteiger charge is -2.10. The molecule has 0 aliphatic rings. The molecule has 0 saturated carbocycles. The van der Waals surface area contributed by atoms with Crippen LogP contribution in [-0.2, 0) is 11.3 Å². The fraction of sp³-hybridized carbons (Fsp3) is 0.167. The molecule has 9 heteroatoms. The molecule has 3 aromatic rings. The number of hydrogen-bond acceptors (Lipinski definition) is 7. The standard InChI is InChI=1S/C18H17N5O4/c1-11-6-7-14(20-12(2)24)9-16(11)19-10-17-21-18(22-27-17)13-4-3-5-15(8-13)23(25)26/h3-9,19H,10H2,1-2H3,(H,20,24). The molecule has 3 rings (SSSR count). The van der Waals surface area contributed by atoms with Crippen LogP contribution in [0.25, 0.3) is 11.4 Å². The number of carbonyl (C=O) groups is 1. The molecule has 0 aliphatic heterocycles. The normalized spacial score (nSPS) is 10.4. The second kappa shape index (κ2) is 7.65. The van der Waals surface area contributed by atoms with E-state index < -0.39 is 4.92 Å². The van der Waals surface area contributed by atoms with Gasteiger partial charge < -0.3 is 15.2 Å². The first-order valence-electron chi connectivity index (χ1n) is 8.12. The first-order chi connectivity index (χ1) is 12.9. The average Bonchev–Trinajstić information content (AvgIpc) is 3.11. The van der Waals surface area contributed by atoms with E-state index in [0.29, 0.717) is 17.1 Å². The fourth-order valence-electron chi connectivity index (χ4n) is 2.47. The van der Waals surface area contributed by atoms with Gasteiger partial charge in [-0.25, -0.2) is 0 Å². The molecule has 1 aromatic heterocycles. The number of benzene rings is 2. The van der Waals surface area contributed by atoms with Crippen LogP contribution in [0.15, 0.2) is 47.0 Å². The first-order valence-corrected chi connectivity index (χ1v) is 8.12. The number of nitro groups is 1. The number of anilines is 2.